The van der Waals surface area contributed by atoms with Crippen LogP contribution in [-0.2, 0) is 16.0 Å². The lowest BCUT2D eigenvalue weighted by Crippen LogP contribution is -2.07. The molecule has 1 aromatic carbocycles. The van der Waals surface area contributed by atoms with Crippen LogP contribution in [0.1, 0.15) is 29.3 Å². The summed E-state index contributed by atoms with van der Waals surface area (Å²) in [5.41, 5.74) is 5.45. The molecule has 0 saturated carbocycles. The Morgan fingerprint density at radius 3 is 2.65 bits per heavy atom. The molecule has 0 aliphatic heterocycles. The van der Waals surface area contributed by atoms with Crippen LogP contribution in [0.3, 0.4) is 0 Å². The van der Waals surface area contributed by atoms with Gasteiger partial charge < -0.3 is 4.74 Å². The minimum absolute atomic E-state index is 0.0657. The van der Waals surface area contributed by atoms with Crippen LogP contribution in [0.5, 0.6) is 0 Å². The molecule has 0 unspecified atom stereocenters. The molecule has 0 atom stereocenters. The second-order valence-corrected chi connectivity index (χ2v) is 6.22. The molecule has 0 aliphatic rings. The smallest absolute Gasteiger partial charge is 0.312 e. The number of imidazole rings is 1. The Morgan fingerprint density at radius 1 is 1.12 bits per heavy atom. The summed E-state index contributed by atoms with van der Waals surface area (Å²) in [6.07, 6.45) is 1.94. The monoisotopic (exact) mass is 350 g/mol. The third-order valence-electron chi connectivity index (χ3n) is 4.26. The van der Waals surface area contributed by atoms with Gasteiger partial charge in [0, 0.05) is 6.20 Å². The maximum absolute atomic E-state index is 11.9. The summed E-state index contributed by atoms with van der Waals surface area (Å²) in [5, 5.41) is 8.76. The Kier molecular flexibility index (Phi) is 5.11. The minimum Gasteiger partial charge on any atom is -0.466 e. The number of rotatable bonds is 5. The van der Waals surface area contributed by atoms with E-state index in [1.165, 1.54) is 5.56 Å². The molecule has 0 bridgehead atoms. The van der Waals surface area contributed by atoms with Crippen molar-refractivity contribution in [3.8, 4) is 0 Å². The van der Waals surface area contributed by atoms with Crippen LogP contribution >= 0.6 is 0 Å². The van der Waals surface area contributed by atoms with E-state index in [9.17, 15) is 4.79 Å². The molecule has 3 rings (SSSR count). The van der Waals surface area contributed by atoms with Crippen LogP contribution in [0.25, 0.3) is 5.65 Å². The predicted octanol–water partition coefficient (Wildman–Crippen LogP) is 4.78. The molecule has 0 spiro atoms. The molecule has 0 aliphatic carbocycles. The largest absolute Gasteiger partial charge is 0.466 e. The summed E-state index contributed by atoms with van der Waals surface area (Å²) in [4.78, 5) is 16.5. The van der Waals surface area contributed by atoms with Crippen molar-refractivity contribution in [2.24, 2.45) is 10.2 Å². The van der Waals surface area contributed by atoms with Gasteiger partial charge in [0.05, 0.1) is 24.4 Å². The summed E-state index contributed by atoms with van der Waals surface area (Å²) in [5.74, 6) is 0.228. The number of pyridine rings is 1. The molecule has 2 aromatic heterocycles. The van der Waals surface area contributed by atoms with Crippen molar-refractivity contribution in [3.05, 3.63) is 58.9 Å². The van der Waals surface area contributed by atoms with Crippen molar-refractivity contribution < 1.29 is 9.53 Å². The van der Waals surface area contributed by atoms with Gasteiger partial charge in [0.1, 0.15) is 5.65 Å². The van der Waals surface area contributed by atoms with Gasteiger partial charge in [-0.3, -0.25) is 9.20 Å². The summed E-state index contributed by atoms with van der Waals surface area (Å²) in [7, 11) is 0. The molecule has 2 heterocycles. The van der Waals surface area contributed by atoms with Gasteiger partial charge in [-0.25, -0.2) is 4.98 Å². The fourth-order valence-electron chi connectivity index (χ4n) is 2.70. The zero-order valence-electron chi connectivity index (χ0n) is 15.5. The number of aryl methyl sites for hydroxylation is 3. The summed E-state index contributed by atoms with van der Waals surface area (Å²) < 4.78 is 6.91. The number of benzene rings is 1. The van der Waals surface area contributed by atoms with E-state index in [-0.39, 0.29) is 12.4 Å². The first-order valence-corrected chi connectivity index (χ1v) is 8.60. The molecule has 0 N–H and O–H groups in total. The highest BCUT2D eigenvalue weighted by atomic mass is 16.5. The number of aromatic nitrogens is 2. The van der Waals surface area contributed by atoms with E-state index in [4.69, 9.17) is 4.74 Å². The number of esters is 1. The molecule has 0 radical (unpaired) electrons. The van der Waals surface area contributed by atoms with Crippen molar-refractivity contribution in [1.29, 1.82) is 0 Å². The highest BCUT2D eigenvalue weighted by molar-refractivity contribution is 5.74. The molecule has 26 heavy (non-hydrogen) atoms. The SMILES string of the molecule is CCOC(=O)Cc1nc2c(C)cccn2c1N=Nc1ccc(C)c(C)c1. The van der Waals surface area contributed by atoms with Gasteiger partial charge in [-0.15, -0.1) is 10.2 Å². The zero-order valence-corrected chi connectivity index (χ0v) is 15.5. The minimum atomic E-state index is -0.323. The summed E-state index contributed by atoms with van der Waals surface area (Å²) >= 11 is 0. The van der Waals surface area contributed by atoms with E-state index in [2.05, 4.69) is 22.1 Å². The van der Waals surface area contributed by atoms with Crippen molar-refractivity contribution in [2.75, 3.05) is 6.61 Å². The van der Waals surface area contributed by atoms with E-state index in [1.54, 1.807) is 6.92 Å². The number of nitrogens with zero attached hydrogens (tertiary/aromatic N) is 4. The van der Waals surface area contributed by atoms with Gasteiger partial charge in [-0.05, 0) is 62.6 Å². The molecule has 6 heteroatoms. The Bertz CT molecular complexity index is 989. The number of carbonyl (C=O) groups is 1. The maximum atomic E-state index is 11.9. The van der Waals surface area contributed by atoms with E-state index >= 15 is 0 Å². The lowest BCUT2D eigenvalue weighted by atomic mass is 10.1. The van der Waals surface area contributed by atoms with Crippen LogP contribution in [-0.4, -0.2) is 22.0 Å². The van der Waals surface area contributed by atoms with Gasteiger partial charge in [0.2, 0.25) is 0 Å². The maximum Gasteiger partial charge on any atom is 0.312 e. The third kappa shape index (κ3) is 3.64. The topological polar surface area (TPSA) is 68.3 Å². The van der Waals surface area contributed by atoms with Crippen LogP contribution in [0, 0.1) is 20.8 Å². The van der Waals surface area contributed by atoms with E-state index in [1.807, 2.05) is 54.8 Å². The molecule has 0 amide bonds. The van der Waals surface area contributed by atoms with Crippen molar-refractivity contribution in [1.82, 2.24) is 9.38 Å². The second-order valence-electron chi connectivity index (χ2n) is 6.22. The average molecular weight is 350 g/mol. The number of fused-ring (bicyclic) bond motifs is 1. The first-order valence-electron chi connectivity index (χ1n) is 8.60. The molecular weight excluding hydrogens is 328 g/mol. The Hall–Kier alpha value is -3.02. The lowest BCUT2D eigenvalue weighted by molar-refractivity contribution is -0.142. The summed E-state index contributed by atoms with van der Waals surface area (Å²) in [6.45, 7) is 8.19. The lowest BCUT2D eigenvalue weighted by Gasteiger charge is -2.02. The molecule has 0 saturated heterocycles. The van der Waals surface area contributed by atoms with Crippen molar-refractivity contribution in [3.63, 3.8) is 0 Å². The number of azo groups is 1. The first kappa shape index (κ1) is 17.8. The second kappa shape index (κ2) is 7.47. The number of hydrogen-bond acceptors (Lipinski definition) is 5. The third-order valence-corrected chi connectivity index (χ3v) is 4.26. The Labute approximate surface area is 152 Å². The van der Waals surface area contributed by atoms with Gasteiger partial charge >= 0.3 is 5.97 Å². The van der Waals surface area contributed by atoms with Crippen LogP contribution in [0.4, 0.5) is 11.5 Å². The molecule has 3 aromatic rings. The molecule has 134 valence electrons. The summed E-state index contributed by atoms with van der Waals surface area (Å²) in [6, 6.07) is 9.82. The highest BCUT2D eigenvalue weighted by Crippen LogP contribution is 2.27. The average Bonchev–Trinajstić information content (AvgIpc) is 2.95. The Balaban J connectivity index is 2.04. The van der Waals surface area contributed by atoms with Crippen LogP contribution in [0.15, 0.2) is 46.8 Å². The quantitative estimate of drug-likeness (QED) is 0.491. The van der Waals surface area contributed by atoms with E-state index in [0.717, 1.165) is 22.5 Å². The fourth-order valence-corrected chi connectivity index (χ4v) is 2.70. The fraction of sp³-hybridized carbons (Fsp3) is 0.300. The van der Waals surface area contributed by atoms with E-state index in [0.29, 0.717) is 18.1 Å². The van der Waals surface area contributed by atoms with Crippen molar-refractivity contribution >= 4 is 23.1 Å². The predicted molar refractivity (Wildman–Crippen MR) is 100 cm³/mol. The van der Waals surface area contributed by atoms with Crippen LogP contribution < -0.4 is 0 Å². The van der Waals surface area contributed by atoms with Crippen molar-refractivity contribution in [2.45, 2.75) is 34.1 Å². The first-order chi connectivity index (χ1) is 12.5. The number of hydrogen-bond donors (Lipinski definition) is 0. The highest BCUT2D eigenvalue weighted by Gasteiger charge is 2.17. The van der Waals surface area contributed by atoms with E-state index < -0.39 is 0 Å². The van der Waals surface area contributed by atoms with Gasteiger partial charge in [-0.2, -0.15) is 0 Å². The number of carbonyl (C=O) groups excluding carboxylic acids is 1. The standard InChI is InChI=1S/C20H22N4O2/c1-5-26-18(25)12-17-20(24-10-6-7-14(3)19(24)21-17)23-22-16-9-8-13(2)15(4)11-16/h6-11H,5,12H2,1-4H3. The Morgan fingerprint density at radius 2 is 1.92 bits per heavy atom. The van der Waals surface area contributed by atoms with Gasteiger partial charge in [-0.1, -0.05) is 12.1 Å². The molecule has 0 fully saturated rings. The van der Waals surface area contributed by atoms with Gasteiger partial charge in [0.15, 0.2) is 5.82 Å². The molecular formula is C20H22N4O2. The van der Waals surface area contributed by atoms with Gasteiger partial charge in [0.25, 0.3) is 0 Å². The molecule has 6 nitrogen and oxygen atoms in total. The number of ether oxygens (including phenoxy) is 1. The normalized spacial score (nSPS) is 11.4. The zero-order chi connectivity index (χ0) is 18.7. The van der Waals surface area contributed by atoms with Crippen LogP contribution in [0.2, 0.25) is 0 Å².